The van der Waals surface area contributed by atoms with Crippen LogP contribution >= 0.6 is 0 Å². The van der Waals surface area contributed by atoms with Crippen LogP contribution in [0.5, 0.6) is 11.5 Å². The first kappa shape index (κ1) is 16.7. The molecule has 0 radical (unpaired) electrons. The second-order valence-corrected chi connectivity index (χ2v) is 6.66. The summed E-state index contributed by atoms with van der Waals surface area (Å²) in [5.41, 5.74) is 2.41. The molecule has 2 aliphatic rings. The van der Waals surface area contributed by atoms with Crippen LogP contribution in [0.3, 0.4) is 0 Å². The molecule has 0 spiro atoms. The summed E-state index contributed by atoms with van der Waals surface area (Å²) in [7, 11) is 0. The first-order valence-corrected chi connectivity index (χ1v) is 8.96. The predicted molar refractivity (Wildman–Crippen MR) is 98.9 cm³/mol. The highest BCUT2D eigenvalue weighted by molar-refractivity contribution is 5.44. The minimum Gasteiger partial charge on any atom is -0.485 e. The minimum absolute atomic E-state index is 0.0716. The van der Waals surface area contributed by atoms with E-state index in [4.69, 9.17) is 9.47 Å². The summed E-state index contributed by atoms with van der Waals surface area (Å²) < 4.78 is 11.9. The van der Waals surface area contributed by atoms with Crippen LogP contribution < -0.4 is 9.47 Å². The Hall–Kier alpha value is -2.75. The van der Waals surface area contributed by atoms with Crippen molar-refractivity contribution < 1.29 is 14.3 Å². The van der Waals surface area contributed by atoms with Gasteiger partial charge in [0.15, 0.2) is 17.6 Å². The van der Waals surface area contributed by atoms with Crippen molar-refractivity contribution in [3.63, 3.8) is 0 Å². The van der Waals surface area contributed by atoms with E-state index in [0.717, 1.165) is 49.8 Å². The molecule has 2 heterocycles. The van der Waals surface area contributed by atoms with Crippen LogP contribution in [-0.2, 0) is 11.3 Å². The Morgan fingerprint density at radius 3 is 2.46 bits per heavy atom. The van der Waals surface area contributed by atoms with Gasteiger partial charge >= 0.3 is 0 Å². The number of piperazine rings is 1. The lowest BCUT2D eigenvalue weighted by Crippen LogP contribution is -2.43. The van der Waals surface area contributed by atoms with Crippen LogP contribution in [0.15, 0.2) is 54.7 Å². The van der Waals surface area contributed by atoms with Crippen molar-refractivity contribution in [2.75, 3.05) is 32.8 Å². The van der Waals surface area contributed by atoms with Crippen LogP contribution in [0.2, 0.25) is 0 Å². The monoisotopic (exact) mass is 350 g/mol. The van der Waals surface area contributed by atoms with Gasteiger partial charge in [-0.2, -0.15) is 0 Å². The Balaban J connectivity index is 1.35. The van der Waals surface area contributed by atoms with Gasteiger partial charge in [-0.05, 0) is 23.3 Å². The Morgan fingerprint density at radius 1 is 1.00 bits per heavy atom. The molecule has 2 aliphatic heterocycles. The van der Waals surface area contributed by atoms with Gasteiger partial charge in [0.25, 0.3) is 0 Å². The summed E-state index contributed by atoms with van der Waals surface area (Å²) in [4.78, 5) is 14.8. The average molecular weight is 350 g/mol. The summed E-state index contributed by atoms with van der Waals surface area (Å²) in [5.74, 6) is 3.47. The van der Waals surface area contributed by atoms with Gasteiger partial charge in [-0.15, -0.1) is 0 Å². The van der Waals surface area contributed by atoms with Crippen molar-refractivity contribution in [3.8, 4) is 11.5 Å². The fourth-order valence-electron chi connectivity index (χ4n) is 3.40. The van der Waals surface area contributed by atoms with Gasteiger partial charge in [0.2, 0.25) is 0 Å². The lowest BCUT2D eigenvalue weighted by molar-refractivity contribution is 0.0912. The molecule has 0 bridgehead atoms. The zero-order chi connectivity index (χ0) is 17.8. The largest absolute Gasteiger partial charge is 0.485 e. The number of hydrogen-bond donors (Lipinski definition) is 0. The number of para-hydroxylation sites is 2. The standard InChI is InChI=1S/C21H22N2O3/c24-14-13-22-9-11-23(12-10-22)15-17-5-7-18(8-6-17)21-16-25-19-3-1-2-4-20(19)26-21/h1-8,13,21H,9-12,15-16H2. The molecular weight excluding hydrogens is 328 g/mol. The van der Waals surface area contributed by atoms with Crippen LogP contribution in [-0.4, -0.2) is 48.5 Å². The van der Waals surface area contributed by atoms with E-state index in [-0.39, 0.29) is 6.10 Å². The minimum atomic E-state index is -0.0716. The third kappa shape index (κ3) is 3.74. The zero-order valence-corrected chi connectivity index (χ0v) is 14.6. The van der Waals surface area contributed by atoms with E-state index in [9.17, 15) is 4.79 Å². The van der Waals surface area contributed by atoms with E-state index in [0.29, 0.717) is 6.61 Å². The average Bonchev–Trinajstić information content (AvgIpc) is 2.70. The van der Waals surface area contributed by atoms with Gasteiger partial charge in [-0.3, -0.25) is 4.90 Å². The molecule has 1 saturated heterocycles. The summed E-state index contributed by atoms with van der Waals surface area (Å²) >= 11 is 0. The molecule has 1 fully saturated rings. The van der Waals surface area contributed by atoms with Crippen LogP contribution in [0.4, 0.5) is 0 Å². The third-order valence-corrected chi connectivity index (χ3v) is 4.91. The number of ether oxygens (including phenoxy) is 2. The number of rotatable bonds is 4. The van der Waals surface area contributed by atoms with E-state index in [1.807, 2.05) is 35.1 Å². The second kappa shape index (κ2) is 7.65. The van der Waals surface area contributed by atoms with Crippen molar-refractivity contribution >= 4 is 5.94 Å². The smallest absolute Gasteiger partial charge is 0.162 e. The van der Waals surface area contributed by atoms with Crippen molar-refractivity contribution in [1.29, 1.82) is 0 Å². The number of hydrogen-bond acceptors (Lipinski definition) is 5. The maximum absolute atomic E-state index is 10.4. The van der Waals surface area contributed by atoms with Crippen molar-refractivity contribution in [1.82, 2.24) is 9.80 Å². The highest BCUT2D eigenvalue weighted by atomic mass is 16.6. The fraction of sp³-hybridized carbons (Fsp3) is 0.333. The summed E-state index contributed by atoms with van der Waals surface area (Å²) in [6, 6.07) is 16.4. The van der Waals surface area contributed by atoms with E-state index < -0.39 is 0 Å². The Morgan fingerprint density at radius 2 is 1.73 bits per heavy atom. The fourth-order valence-corrected chi connectivity index (χ4v) is 3.40. The number of benzene rings is 2. The highest BCUT2D eigenvalue weighted by Crippen LogP contribution is 2.35. The normalized spacial score (nSPS) is 19.7. The van der Waals surface area contributed by atoms with Crippen molar-refractivity contribution in [3.05, 3.63) is 65.9 Å². The topological polar surface area (TPSA) is 42.0 Å². The lowest BCUT2D eigenvalue weighted by atomic mass is 10.1. The highest BCUT2D eigenvalue weighted by Gasteiger charge is 2.22. The molecule has 4 rings (SSSR count). The quantitative estimate of drug-likeness (QED) is 0.793. The predicted octanol–water partition coefficient (Wildman–Crippen LogP) is 2.66. The van der Waals surface area contributed by atoms with Gasteiger partial charge in [0.05, 0.1) is 6.20 Å². The zero-order valence-electron chi connectivity index (χ0n) is 14.6. The Bertz CT molecular complexity index is 791. The number of carbonyl (C=O) groups excluding carboxylic acids is 1. The second-order valence-electron chi connectivity index (χ2n) is 6.66. The molecule has 2 aromatic carbocycles. The maximum atomic E-state index is 10.4. The van der Waals surface area contributed by atoms with E-state index in [2.05, 4.69) is 29.2 Å². The Kier molecular flexibility index (Phi) is 4.91. The molecular formula is C21H22N2O3. The summed E-state index contributed by atoms with van der Waals surface area (Å²) in [5, 5.41) is 0. The van der Waals surface area contributed by atoms with Gasteiger partial charge in [0.1, 0.15) is 12.5 Å². The first-order valence-electron chi connectivity index (χ1n) is 8.96. The first-order chi connectivity index (χ1) is 12.8. The van der Waals surface area contributed by atoms with E-state index >= 15 is 0 Å². The number of nitrogens with zero attached hydrogens (tertiary/aromatic N) is 2. The SMILES string of the molecule is O=C=CN1CCN(Cc2ccc(C3COc4ccccc4O3)cc2)CC1. The molecule has 0 N–H and O–H groups in total. The van der Waals surface area contributed by atoms with Crippen LogP contribution in [0.25, 0.3) is 0 Å². The summed E-state index contributed by atoms with van der Waals surface area (Å²) in [6.07, 6.45) is 1.44. The molecule has 0 aromatic heterocycles. The van der Waals surface area contributed by atoms with E-state index in [1.165, 1.54) is 11.8 Å². The molecule has 5 heteroatoms. The van der Waals surface area contributed by atoms with Crippen molar-refractivity contribution in [2.24, 2.45) is 0 Å². The molecule has 0 aliphatic carbocycles. The molecule has 1 atom stereocenters. The van der Waals surface area contributed by atoms with E-state index in [1.54, 1.807) is 0 Å². The van der Waals surface area contributed by atoms with Gasteiger partial charge in [0, 0.05) is 32.7 Å². The van der Waals surface area contributed by atoms with Gasteiger partial charge < -0.3 is 14.4 Å². The number of fused-ring (bicyclic) bond motifs is 1. The molecule has 0 amide bonds. The molecule has 134 valence electrons. The summed E-state index contributed by atoms with van der Waals surface area (Å²) in [6.45, 7) is 5.11. The third-order valence-electron chi connectivity index (χ3n) is 4.91. The molecule has 26 heavy (non-hydrogen) atoms. The molecule has 2 aromatic rings. The molecule has 0 saturated carbocycles. The lowest BCUT2D eigenvalue weighted by Gasteiger charge is -2.33. The molecule has 1 unspecified atom stereocenters. The molecule has 5 nitrogen and oxygen atoms in total. The Labute approximate surface area is 153 Å². The van der Waals surface area contributed by atoms with Gasteiger partial charge in [-0.1, -0.05) is 36.4 Å². The maximum Gasteiger partial charge on any atom is 0.162 e. The van der Waals surface area contributed by atoms with Crippen molar-refractivity contribution in [2.45, 2.75) is 12.6 Å². The van der Waals surface area contributed by atoms with Crippen LogP contribution in [0.1, 0.15) is 17.2 Å². The van der Waals surface area contributed by atoms with Crippen LogP contribution in [0, 0.1) is 0 Å². The van der Waals surface area contributed by atoms with Gasteiger partial charge in [-0.25, -0.2) is 4.79 Å².